The van der Waals surface area contributed by atoms with Crippen LogP contribution in [0.1, 0.15) is 31.7 Å². The molecule has 0 aliphatic rings. The van der Waals surface area contributed by atoms with Crippen molar-refractivity contribution in [2.45, 2.75) is 38.0 Å². The molecule has 1 aromatic rings. The molecule has 7 heteroatoms. The summed E-state index contributed by atoms with van der Waals surface area (Å²) in [6, 6.07) is 5.85. The van der Waals surface area contributed by atoms with Gasteiger partial charge in [-0.1, -0.05) is 47.8 Å². The summed E-state index contributed by atoms with van der Waals surface area (Å²) in [7, 11) is -3.68. The molecule has 1 aromatic carbocycles. The number of nitrogens with one attached hydrogen (secondary N) is 1. The molecular formula is C13H18BrNO4S. The first-order valence-corrected chi connectivity index (χ1v) is 8.76. The van der Waals surface area contributed by atoms with Gasteiger partial charge in [0.25, 0.3) is 0 Å². The fourth-order valence-electron chi connectivity index (χ4n) is 1.75. The van der Waals surface area contributed by atoms with E-state index >= 15 is 0 Å². The van der Waals surface area contributed by atoms with Gasteiger partial charge in [0.2, 0.25) is 10.0 Å². The molecule has 1 rings (SSSR count). The molecule has 2 N–H and O–H groups in total. The van der Waals surface area contributed by atoms with Crippen LogP contribution in [0.2, 0.25) is 0 Å². The van der Waals surface area contributed by atoms with E-state index in [1.54, 1.807) is 24.3 Å². The summed E-state index contributed by atoms with van der Waals surface area (Å²) in [5, 5.41) is 9.04. The molecule has 0 spiro atoms. The number of hydrogen-bond donors (Lipinski definition) is 2. The van der Waals surface area contributed by atoms with Crippen LogP contribution in [-0.4, -0.2) is 25.5 Å². The molecule has 0 unspecified atom stereocenters. The van der Waals surface area contributed by atoms with Crippen LogP contribution in [0.3, 0.4) is 0 Å². The molecule has 0 saturated carbocycles. The average molecular weight is 364 g/mol. The third-order valence-corrected chi connectivity index (χ3v) is 4.56. The second-order valence-corrected chi connectivity index (χ2v) is 7.21. The van der Waals surface area contributed by atoms with Gasteiger partial charge in [-0.25, -0.2) is 13.1 Å². The fraction of sp³-hybridized carbons (Fsp3) is 0.462. The molecule has 0 heterocycles. The summed E-state index contributed by atoms with van der Waals surface area (Å²) in [5.41, 5.74) is 0.603. The van der Waals surface area contributed by atoms with Gasteiger partial charge in [-0.15, -0.1) is 0 Å². The number of hydrogen-bond acceptors (Lipinski definition) is 3. The van der Waals surface area contributed by atoms with Crippen LogP contribution in [0.15, 0.2) is 28.7 Å². The first kappa shape index (κ1) is 17.1. The van der Waals surface area contributed by atoms with Crippen molar-refractivity contribution in [3.05, 3.63) is 34.3 Å². The predicted molar refractivity (Wildman–Crippen MR) is 80.9 cm³/mol. The highest BCUT2D eigenvalue weighted by atomic mass is 79.9. The lowest BCUT2D eigenvalue weighted by Gasteiger charge is -2.14. The fourth-order valence-corrected chi connectivity index (χ4v) is 3.55. The Labute approximate surface area is 127 Å². The number of aliphatic carboxylic acids is 1. The van der Waals surface area contributed by atoms with Gasteiger partial charge >= 0.3 is 5.97 Å². The highest BCUT2D eigenvalue weighted by Gasteiger charge is 2.23. The lowest BCUT2D eigenvalue weighted by Crippen LogP contribution is -2.41. The summed E-state index contributed by atoms with van der Waals surface area (Å²) >= 11 is 3.27. The van der Waals surface area contributed by atoms with Crippen LogP contribution < -0.4 is 4.72 Å². The van der Waals surface area contributed by atoms with Gasteiger partial charge in [0.15, 0.2) is 0 Å². The van der Waals surface area contributed by atoms with Gasteiger partial charge in [-0.2, -0.15) is 0 Å². The normalized spacial score (nSPS) is 13.1. The number of carboxylic acids is 1. The number of sulfonamides is 1. The molecule has 20 heavy (non-hydrogen) atoms. The number of benzene rings is 1. The first-order valence-electron chi connectivity index (χ1n) is 6.31. The molecule has 0 aliphatic carbocycles. The standard InChI is InChI=1S/C13H18BrNO4S/c1-2-3-7-12(13(16)17)15-20(18,19)9-10-5-4-6-11(14)8-10/h4-6,8,12,15H,2-3,7,9H2,1H3,(H,16,17)/t12-/m0/s1. The van der Waals surface area contributed by atoms with Crippen molar-refractivity contribution in [1.29, 1.82) is 0 Å². The zero-order valence-electron chi connectivity index (χ0n) is 11.2. The zero-order valence-corrected chi connectivity index (χ0v) is 13.6. The average Bonchev–Trinajstić information content (AvgIpc) is 2.33. The Morgan fingerprint density at radius 2 is 2.15 bits per heavy atom. The van der Waals surface area contributed by atoms with Gasteiger partial charge in [0.05, 0.1) is 5.75 Å². The van der Waals surface area contributed by atoms with Crippen molar-refractivity contribution >= 4 is 31.9 Å². The van der Waals surface area contributed by atoms with E-state index in [1.165, 1.54) is 0 Å². The molecule has 0 fully saturated rings. The minimum atomic E-state index is -3.68. The van der Waals surface area contributed by atoms with E-state index in [1.807, 2.05) is 6.92 Å². The highest BCUT2D eigenvalue weighted by Crippen LogP contribution is 2.14. The van der Waals surface area contributed by atoms with E-state index in [0.29, 0.717) is 18.4 Å². The molecule has 1 atom stereocenters. The van der Waals surface area contributed by atoms with E-state index < -0.39 is 22.0 Å². The maximum absolute atomic E-state index is 12.0. The van der Waals surface area contributed by atoms with Crippen LogP contribution >= 0.6 is 15.9 Å². The van der Waals surface area contributed by atoms with Crippen LogP contribution in [0, 0.1) is 0 Å². The van der Waals surface area contributed by atoms with Crippen LogP contribution in [0.5, 0.6) is 0 Å². The Hall–Kier alpha value is -0.920. The molecule has 0 aliphatic heterocycles. The van der Waals surface area contributed by atoms with Gasteiger partial charge in [0, 0.05) is 4.47 Å². The summed E-state index contributed by atoms with van der Waals surface area (Å²) < 4.78 is 27.0. The van der Waals surface area contributed by atoms with Gasteiger partial charge in [0.1, 0.15) is 6.04 Å². The van der Waals surface area contributed by atoms with Crippen molar-refractivity contribution in [3.63, 3.8) is 0 Å². The van der Waals surface area contributed by atoms with E-state index in [0.717, 1.165) is 10.9 Å². The number of carboxylic acid groups (broad SMARTS) is 1. The lowest BCUT2D eigenvalue weighted by atomic mass is 10.1. The molecule has 0 saturated heterocycles. The van der Waals surface area contributed by atoms with Crippen molar-refractivity contribution in [2.75, 3.05) is 0 Å². The van der Waals surface area contributed by atoms with Gasteiger partial charge < -0.3 is 5.11 Å². The Balaban J connectivity index is 2.75. The van der Waals surface area contributed by atoms with Crippen molar-refractivity contribution in [2.24, 2.45) is 0 Å². The Bertz CT molecular complexity index is 559. The van der Waals surface area contributed by atoms with E-state index in [-0.39, 0.29) is 5.75 Å². The minimum absolute atomic E-state index is 0.234. The van der Waals surface area contributed by atoms with Crippen LogP contribution in [-0.2, 0) is 20.6 Å². The zero-order chi connectivity index (χ0) is 15.2. The second-order valence-electron chi connectivity index (χ2n) is 4.54. The molecule has 0 radical (unpaired) electrons. The maximum atomic E-state index is 12.0. The Morgan fingerprint density at radius 3 is 2.70 bits per heavy atom. The van der Waals surface area contributed by atoms with Crippen molar-refractivity contribution in [3.8, 4) is 0 Å². The third kappa shape index (κ3) is 6.02. The van der Waals surface area contributed by atoms with E-state index in [2.05, 4.69) is 20.7 Å². The van der Waals surface area contributed by atoms with E-state index in [4.69, 9.17) is 5.11 Å². The summed E-state index contributed by atoms with van der Waals surface area (Å²) in [6.45, 7) is 1.93. The molecule has 112 valence electrons. The quantitative estimate of drug-likeness (QED) is 0.743. The number of unbranched alkanes of at least 4 members (excludes halogenated alkanes) is 1. The number of halogens is 1. The Morgan fingerprint density at radius 1 is 1.45 bits per heavy atom. The van der Waals surface area contributed by atoms with Crippen molar-refractivity contribution in [1.82, 2.24) is 4.72 Å². The molecule has 0 bridgehead atoms. The predicted octanol–water partition coefficient (Wildman–Crippen LogP) is 2.51. The number of carbonyl (C=O) groups is 1. The maximum Gasteiger partial charge on any atom is 0.321 e. The van der Waals surface area contributed by atoms with Gasteiger partial charge in [-0.05, 0) is 24.1 Å². The summed E-state index contributed by atoms with van der Waals surface area (Å²) in [5.74, 6) is -1.38. The third-order valence-electron chi connectivity index (χ3n) is 2.71. The van der Waals surface area contributed by atoms with Crippen LogP contribution in [0.4, 0.5) is 0 Å². The minimum Gasteiger partial charge on any atom is -0.480 e. The summed E-state index contributed by atoms with van der Waals surface area (Å²) in [6.07, 6.45) is 1.77. The van der Waals surface area contributed by atoms with Crippen molar-refractivity contribution < 1.29 is 18.3 Å². The topological polar surface area (TPSA) is 83.5 Å². The Kier molecular flexibility index (Phi) is 6.64. The summed E-state index contributed by atoms with van der Waals surface area (Å²) in [4.78, 5) is 11.1. The lowest BCUT2D eigenvalue weighted by molar-refractivity contribution is -0.139. The SMILES string of the molecule is CCCC[C@H](NS(=O)(=O)Cc1cccc(Br)c1)C(=O)O. The second kappa shape index (κ2) is 7.75. The molecule has 5 nitrogen and oxygen atoms in total. The van der Waals surface area contributed by atoms with Gasteiger partial charge in [-0.3, -0.25) is 4.79 Å². The molecule has 0 amide bonds. The highest BCUT2D eigenvalue weighted by molar-refractivity contribution is 9.10. The molecule has 0 aromatic heterocycles. The number of rotatable bonds is 8. The smallest absolute Gasteiger partial charge is 0.321 e. The first-order chi connectivity index (χ1) is 9.34. The van der Waals surface area contributed by atoms with Crippen LogP contribution in [0.25, 0.3) is 0 Å². The molecular weight excluding hydrogens is 346 g/mol. The monoisotopic (exact) mass is 363 g/mol. The largest absolute Gasteiger partial charge is 0.480 e. The van der Waals surface area contributed by atoms with E-state index in [9.17, 15) is 13.2 Å².